The number of rotatable bonds is 10. The second-order valence-corrected chi connectivity index (χ2v) is 8.13. The SMILES string of the molecule is CCCCOCC(C)OCC(C)OP(=O)(Cl)Cl. The van der Waals surface area contributed by atoms with Gasteiger partial charge in [0, 0.05) is 6.61 Å². The Morgan fingerprint density at radius 3 is 2.35 bits per heavy atom. The predicted molar refractivity (Wildman–Crippen MR) is 71.0 cm³/mol. The molecule has 0 aromatic rings. The van der Waals surface area contributed by atoms with Crippen molar-refractivity contribution in [2.45, 2.75) is 45.8 Å². The Balaban J connectivity index is 3.55. The summed E-state index contributed by atoms with van der Waals surface area (Å²) in [5.41, 5.74) is 0. The van der Waals surface area contributed by atoms with Crippen LogP contribution in [0.4, 0.5) is 0 Å². The molecule has 17 heavy (non-hydrogen) atoms. The smallest absolute Gasteiger partial charge is 0.379 e. The van der Waals surface area contributed by atoms with Crippen LogP contribution in [0.25, 0.3) is 0 Å². The van der Waals surface area contributed by atoms with Crippen LogP contribution in [0.3, 0.4) is 0 Å². The summed E-state index contributed by atoms with van der Waals surface area (Å²) in [6.45, 7) is 7.27. The summed E-state index contributed by atoms with van der Waals surface area (Å²) in [7, 11) is 0. The molecule has 0 N–H and O–H groups in total. The van der Waals surface area contributed by atoms with Crippen molar-refractivity contribution >= 4 is 28.6 Å². The van der Waals surface area contributed by atoms with Gasteiger partial charge in [0.25, 0.3) is 0 Å². The monoisotopic (exact) mass is 306 g/mol. The van der Waals surface area contributed by atoms with E-state index in [2.05, 4.69) is 6.92 Å². The van der Waals surface area contributed by atoms with Gasteiger partial charge in [0.1, 0.15) is 0 Å². The van der Waals surface area contributed by atoms with E-state index in [4.69, 9.17) is 36.5 Å². The van der Waals surface area contributed by atoms with Crippen molar-refractivity contribution in [3.63, 3.8) is 0 Å². The van der Waals surface area contributed by atoms with E-state index in [1.807, 2.05) is 6.92 Å². The van der Waals surface area contributed by atoms with Gasteiger partial charge in [-0.05, 0) is 42.7 Å². The molecule has 104 valence electrons. The molecule has 4 nitrogen and oxygen atoms in total. The van der Waals surface area contributed by atoms with Gasteiger partial charge in [0.05, 0.1) is 25.4 Å². The zero-order valence-electron chi connectivity index (χ0n) is 10.5. The summed E-state index contributed by atoms with van der Waals surface area (Å²) in [6, 6.07) is 0. The molecule has 0 amide bonds. The van der Waals surface area contributed by atoms with Crippen molar-refractivity contribution in [3.05, 3.63) is 0 Å². The minimum atomic E-state index is -3.48. The second kappa shape index (κ2) is 9.60. The van der Waals surface area contributed by atoms with Crippen molar-refractivity contribution in [2.24, 2.45) is 0 Å². The van der Waals surface area contributed by atoms with Gasteiger partial charge >= 0.3 is 6.07 Å². The molecule has 0 saturated carbocycles. The lowest BCUT2D eigenvalue weighted by molar-refractivity contribution is -0.0305. The highest BCUT2D eigenvalue weighted by atomic mass is 35.9. The Morgan fingerprint density at radius 2 is 1.82 bits per heavy atom. The van der Waals surface area contributed by atoms with Crippen LogP contribution < -0.4 is 0 Å². The number of unbranched alkanes of at least 4 members (excludes halogenated alkanes) is 1. The van der Waals surface area contributed by atoms with E-state index in [1.165, 1.54) is 0 Å². The molecule has 0 aliphatic heterocycles. The molecule has 0 fully saturated rings. The third kappa shape index (κ3) is 12.9. The molecule has 7 heteroatoms. The molecule has 0 heterocycles. The van der Waals surface area contributed by atoms with Crippen LogP contribution in [0.15, 0.2) is 0 Å². The molecule has 0 saturated heterocycles. The van der Waals surface area contributed by atoms with Gasteiger partial charge in [-0.25, -0.2) is 0 Å². The zero-order valence-corrected chi connectivity index (χ0v) is 12.9. The molecule has 2 unspecified atom stereocenters. The molecule has 0 aliphatic carbocycles. The first-order valence-electron chi connectivity index (χ1n) is 5.72. The highest BCUT2D eigenvalue weighted by molar-refractivity contribution is 8.05. The van der Waals surface area contributed by atoms with Gasteiger partial charge in [-0.2, -0.15) is 0 Å². The average molecular weight is 307 g/mol. The molecule has 0 radical (unpaired) electrons. The topological polar surface area (TPSA) is 44.8 Å². The highest BCUT2D eigenvalue weighted by Gasteiger charge is 2.19. The maximum Gasteiger partial charge on any atom is 0.380 e. The van der Waals surface area contributed by atoms with Gasteiger partial charge in [-0.15, -0.1) is 0 Å². The Morgan fingerprint density at radius 1 is 1.18 bits per heavy atom. The van der Waals surface area contributed by atoms with Crippen molar-refractivity contribution in [1.29, 1.82) is 0 Å². The summed E-state index contributed by atoms with van der Waals surface area (Å²) in [5, 5.41) is 0. The summed E-state index contributed by atoms with van der Waals surface area (Å²) in [6.07, 6.45) is -1.76. The van der Waals surface area contributed by atoms with Crippen LogP contribution in [0, 0.1) is 0 Å². The van der Waals surface area contributed by atoms with Crippen molar-refractivity contribution < 1.29 is 18.6 Å². The summed E-state index contributed by atoms with van der Waals surface area (Å²) < 4.78 is 26.6. The normalized spacial score (nSPS) is 15.8. The Labute approximate surface area is 113 Å². The molecule has 0 spiro atoms. The van der Waals surface area contributed by atoms with Crippen LogP contribution in [-0.2, 0) is 18.6 Å². The van der Waals surface area contributed by atoms with E-state index in [0.29, 0.717) is 6.61 Å². The largest absolute Gasteiger partial charge is 0.380 e. The maximum absolute atomic E-state index is 10.9. The van der Waals surface area contributed by atoms with Gasteiger partial charge in [-0.3, -0.25) is 4.57 Å². The highest BCUT2D eigenvalue weighted by Crippen LogP contribution is 2.58. The van der Waals surface area contributed by atoms with Crippen molar-refractivity contribution in [1.82, 2.24) is 0 Å². The van der Waals surface area contributed by atoms with Crippen LogP contribution in [0.1, 0.15) is 33.6 Å². The second-order valence-electron chi connectivity index (χ2n) is 3.90. The fraction of sp³-hybridized carbons (Fsp3) is 1.00. The molecule has 0 aliphatic rings. The van der Waals surface area contributed by atoms with Crippen molar-refractivity contribution in [3.8, 4) is 0 Å². The van der Waals surface area contributed by atoms with Crippen LogP contribution in [0.2, 0.25) is 0 Å². The lowest BCUT2D eigenvalue weighted by atomic mass is 10.3. The third-order valence-corrected chi connectivity index (χ3v) is 3.00. The van der Waals surface area contributed by atoms with E-state index < -0.39 is 12.2 Å². The Bertz CT molecular complexity index is 234. The van der Waals surface area contributed by atoms with Gasteiger partial charge in [0.15, 0.2) is 0 Å². The van der Waals surface area contributed by atoms with Crippen LogP contribution in [-0.4, -0.2) is 32.0 Å². The molecule has 0 rings (SSSR count). The van der Waals surface area contributed by atoms with E-state index >= 15 is 0 Å². The first-order valence-corrected chi connectivity index (χ1v) is 9.15. The first kappa shape index (κ1) is 17.7. The number of ether oxygens (including phenoxy) is 2. The average Bonchev–Trinajstić information content (AvgIpc) is 2.19. The molecular weight excluding hydrogens is 286 g/mol. The van der Waals surface area contributed by atoms with E-state index in [-0.39, 0.29) is 12.7 Å². The summed E-state index contributed by atoms with van der Waals surface area (Å²) in [5.74, 6) is 0. The predicted octanol–water partition coefficient (Wildman–Crippen LogP) is 4.20. The maximum atomic E-state index is 10.9. The Hall–Kier alpha value is 0.690. The third-order valence-electron chi connectivity index (χ3n) is 1.91. The quantitative estimate of drug-likeness (QED) is 0.448. The number of hydrogen-bond acceptors (Lipinski definition) is 4. The Kier molecular flexibility index (Phi) is 9.99. The standard InChI is InChI=1S/C10H21Cl2O4P/c1-4-5-6-14-7-9(2)15-8-10(3)16-17(11,12)13/h9-10H,4-8H2,1-3H3. The summed E-state index contributed by atoms with van der Waals surface area (Å²) in [4.78, 5) is 0. The zero-order chi connectivity index (χ0) is 13.3. The number of hydrogen-bond donors (Lipinski definition) is 0. The summed E-state index contributed by atoms with van der Waals surface area (Å²) >= 11 is 10.6. The first-order chi connectivity index (χ1) is 7.85. The lowest BCUT2D eigenvalue weighted by Crippen LogP contribution is -2.22. The fourth-order valence-corrected chi connectivity index (χ4v) is 2.38. The lowest BCUT2D eigenvalue weighted by Gasteiger charge is -2.17. The van der Waals surface area contributed by atoms with Gasteiger partial charge in [-0.1, -0.05) is 13.3 Å². The van der Waals surface area contributed by atoms with Crippen molar-refractivity contribution in [2.75, 3.05) is 19.8 Å². The van der Waals surface area contributed by atoms with Crippen LogP contribution >= 0.6 is 28.6 Å². The molecule has 0 bridgehead atoms. The fourth-order valence-electron chi connectivity index (χ4n) is 1.08. The molecule has 0 aromatic heterocycles. The number of halogens is 2. The molecular formula is C10H21Cl2O4P. The minimum Gasteiger partial charge on any atom is -0.379 e. The van der Waals surface area contributed by atoms with Gasteiger partial charge in [0.2, 0.25) is 0 Å². The van der Waals surface area contributed by atoms with E-state index in [1.54, 1.807) is 6.92 Å². The van der Waals surface area contributed by atoms with E-state index in [9.17, 15) is 4.57 Å². The van der Waals surface area contributed by atoms with E-state index in [0.717, 1.165) is 19.4 Å². The minimum absolute atomic E-state index is 0.0389. The van der Waals surface area contributed by atoms with Crippen LogP contribution in [0.5, 0.6) is 0 Å². The molecule has 2 atom stereocenters. The van der Waals surface area contributed by atoms with Gasteiger partial charge < -0.3 is 14.0 Å². The molecule has 0 aromatic carbocycles.